The Kier molecular flexibility index (Phi) is 5.53. The molecule has 0 amide bonds. The van der Waals surface area contributed by atoms with Crippen LogP contribution in [0, 0.1) is 0 Å². The van der Waals surface area contributed by atoms with Gasteiger partial charge in [0, 0.05) is 6.04 Å². The van der Waals surface area contributed by atoms with Crippen LogP contribution in [0.5, 0.6) is 0 Å². The molecule has 1 saturated heterocycles. The highest BCUT2D eigenvalue weighted by Gasteiger charge is 2.45. The first-order valence-electron chi connectivity index (χ1n) is 7.95. The predicted octanol–water partition coefficient (Wildman–Crippen LogP) is 1.75. The lowest BCUT2D eigenvalue weighted by atomic mass is 10.0. The van der Waals surface area contributed by atoms with Gasteiger partial charge in [-0.2, -0.15) is 0 Å². The van der Waals surface area contributed by atoms with Crippen molar-refractivity contribution in [2.45, 2.75) is 49.3 Å². The minimum Gasteiger partial charge on any atom is -0.312 e. The molecule has 0 bridgehead atoms. The van der Waals surface area contributed by atoms with Gasteiger partial charge in [0.05, 0.1) is 21.7 Å². The van der Waals surface area contributed by atoms with Crippen LogP contribution in [0.2, 0.25) is 0 Å². The van der Waals surface area contributed by atoms with Gasteiger partial charge in [-0.05, 0) is 36.6 Å². The summed E-state index contributed by atoms with van der Waals surface area (Å²) in [5.41, 5.74) is 1.06. The van der Waals surface area contributed by atoms with E-state index >= 15 is 0 Å². The molecule has 7 heteroatoms. The Bertz CT molecular complexity index is 737. The molecule has 130 valence electrons. The lowest BCUT2D eigenvalue weighted by Crippen LogP contribution is -2.43. The van der Waals surface area contributed by atoms with Crippen molar-refractivity contribution in [3.05, 3.63) is 29.8 Å². The van der Waals surface area contributed by atoms with E-state index in [4.69, 9.17) is 0 Å². The van der Waals surface area contributed by atoms with E-state index in [2.05, 4.69) is 5.32 Å². The average molecular weight is 360 g/mol. The van der Waals surface area contributed by atoms with Crippen LogP contribution >= 0.6 is 0 Å². The van der Waals surface area contributed by atoms with Crippen LogP contribution in [0.25, 0.3) is 0 Å². The number of hydrogen-bond acceptors (Lipinski definition) is 5. The molecule has 1 N–H and O–H groups in total. The zero-order valence-corrected chi connectivity index (χ0v) is 15.5. The summed E-state index contributed by atoms with van der Waals surface area (Å²) >= 11 is 0. The summed E-state index contributed by atoms with van der Waals surface area (Å²) < 4.78 is 49.6. The van der Waals surface area contributed by atoms with Crippen LogP contribution in [-0.2, 0) is 19.7 Å². The van der Waals surface area contributed by atoms with Crippen molar-refractivity contribution in [1.29, 1.82) is 0 Å². The summed E-state index contributed by atoms with van der Waals surface area (Å²) in [6.07, 6.45) is 0.826. The molecule has 1 aliphatic rings. The fourth-order valence-electron chi connectivity index (χ4n) is 2.86. The first-order valence-corrected chi connectivity index (χ1v) is 11.3. The van der Waals surface area contributed by atoms with Gasteiger partial charge < -0.3 is 5.32 Å². The minimum absolute atomic E-state index is 0.110. The number of sulfone groups is 2. The summed E-state index contributed by atoms with van der Waals surface area (Å²) in [5.74, 6) is -0.0959. The van der Waals surface area contributed by atoms with Crippen LogP contribution < -0.4 is 5.32 Å². The van der Waals surface area contributed by atoms with E-state index in [-0.39, 0.29) is 16.4 Å². The Morgan fingerprint density at radius 1 is 1.17 bits per heavy atom. The fraction of sp³-hybridized carbons (Fsp3) is 0.625. The zero-order chi connectivity index (χ0) is 17.3. The molecular weight excluding hydrogens is 334 g/mol. The molecule has 23 heavy (non-hydrogen) atoms. The summed E-state index contributed by atoms with van der Waals surface area (Å²) in [6, 6.07) is 6.25. The molecule has 2 rings (SSSR count). The molecule has 1 aromatic rings. The molecule has 0 aromatic heterocycles. The van der Waals surface area contributed by atoms with Crippen molar-refractivity contribution >= 4 is 19.7 Å². The van der Waals surface area contributed by atoms with E-state index in [9.17, 15) is 16.8 Å². The average Bonchev–Trinajstić information content (AvgIpc) is 2.81. The van der Waals surface area contributed by atoms with Gasteiger partial charge in [0.25, 0.3) is 0 Å². The third-order valence-electron chi connectivity index (χ3n) is 4.23. The Balaban J connectivity index is 2.32. The lowest BCUT2D eigenvalue weighted by molar-refractivity contribution is 0.525. The maximum absolute atomic E-state index is 12.9. The molecular formula is C16H25NO4S2. The van der Waals surface area contributed by atoms with Crippen LogP contribution in [-0.4, -0.2) is 46.2 Å². The minimum atomic E-state index is -3.67. The van der Waals surface area contributed by atoms with E-state index < -0.39 is 31.0 Å². The molecule has 1 aliphatic heterocycles. The van der Waals surface area contributed by atoms with Crippen molar-refractivity contribution in [3.63, 3.8) is 0 Å². The van der Waals surface area contributed by atoms with Crippen LogP contribution in [0.1, 0.15) is 38.7 Å². The Morgan fingerprint density at radius 3 is 2.30 bits per heavy atom. The number of rotatable bonds is 6. The second-order valence-electron chi connectivity index (χ2n) is 6.44. The Morgan fingerprint density at radius 2 is 1.78 bits per heavy atom. The van der Waals surface area contributed by atoms with Crippen LogP contribution in [0.3, 0.4) is 0 Å². The molecule has 0 radical (unpaired) electrons. The lowest BCUT2D eigenvalue weighted by Gasteiger charge is -2.20. The van der Waals surface area contributed by atoms with E-state index in [1.807, 2.05) is 20.8 Å². The SMILES string of the molecule is CCCN[C@H]1CS(=O)(=O)C[C@@H]1S(=O)(=O)c1ccc(C(C)C)cc1. The van der Waals surface area contributed by atoms with Gasteiger partial charge >= 0.3 is 0 Å². The summed E-state index contributed by atoms with van der Waals surface area (Å²) in [4.78, 5) is 0.201. The maximum atomic E-state index is 12.9. The van der Waals surface area contributed by atoms with Gasteiger partial charge in [0.2, 0.25) is 0 Å². The zero-order valence-electron chi connectivity index (χ0n) is 13.8. The van der Waals surface area contributed by atoms with Crippen molar-refractivity contribution in [1.82, 2.24) is 5.32 Å². The van der Waals surface area contributed by atoms with Gasteiger partial charge in [0.1, 0.15) is 0 Å². The Labute approximate surface area is 139 Å². The van der Waals surface area contributed by atoms with E-state index in [0.29, 0.717) is 12.5 Å². The van der Waals surface area contributed by atoms with Crippen LogP contribution in [0.15, 0.2) is 29.2 Å². The maximum Gasteiger partial charge on any atom is 0.183 e. The largest absolute Gasteiger partial charge is 0.312 e. The molecule has 0 unspecified atom stereocenters. The molecule has 1 aromatic carbocycles. The van der Waals surface area contributed by atoms with E-state index in [1.165, 1.54) is 0 Å². The molecule has 0 saturated carbocycles. The summed E-state index contributed by atoms with van der Waals surface area (Å²) in [7, 11) is -7.00. The Hall–Kier alpha value is -0.920. The van der Waals surface area contributed by atoms with Gasteiger partial charge in [-0.3, -0.25) is 0 Å². The van der Waals surface area contributed by atoms with E-state index in [0.717, 1.165) is 12.0 Å². The smallest absolute Gasteiger partial charge is 0.183 e. The number of benzene rings is 1. The fourth-order valence-corrected chi connectivity index (χ4v) is 7.58. The molecule has 1 heterocycles. The first kappa shape index (κ1) is 18.4. The highest BCUT2D eigenvalue weighted by Crippen LogP contribution is 2.27. The summed E-state index contributed by atoms with van der Waals surface area (Å²) in [5, 5.41) is 2.17. The van der Waals surface area contributed by atoms with Gasteiger partial charge in [-0.15, -0.1) is 0 Å². The topological polar surface area (TPSA) is 80.3 Å². The summed E-state index contributed by atoms with van der Waals surface area (Å²) in [6.45, 7) is 6.65. The second kappa shape index (κ2) is 6.91. The number of nitrogens with one attached hydrogen (secondary N) is 1. The predicted molar refractivity (Wildman–Crippen MR) is 92.2 cm³/mol. The van der Waals surface area contributed by atoms with Gasteiger partial charge in [0.15, 0.2) is 19.7 Å². The number of hydrogen-bond donors (Lipinski definition) is 1. The van der Waals surface area contributed by atoms with Crippen molar-refractivity contribution < 1.29 is 16.8 Å². The highest BCUT2D eigenvalue weighted by molar-refractivity contribution is 7.96. The van der Waals surface area contributed by atoms with Crippen molar-refractivity contribution in [2.24, 2.45) is 0 Å². The molecule has 5 nitrogen and oxygen atoms in total. The first-order chi connectivity index (χ1) is 10.7. The van der Waals surface area contributed by atoms with Crippen molar-refractivity contribution in [3.8, 4) is 0 Å². The quantitative estimate of drug-likeness (QED) is 0.837. The normalized spacial score (nSPS) is 24.2. The molecule has 2 atom stereocenters. The third kappa shape index (κ3) is 4.14. The third-order valence-corrected chi connectivity index (χ3v) is 8.40. The highest BCUT2D eigenvalue weighted by atomic mass is 32.2. The van der Waals surface area contributed by atoms with Gasteiger partial charge in [-0.25, -0.2) is 16.8 Å². The molecule has 1 fully saturated rings. The molecule has 0 aliphatic carbocycles. The molecule has 0 spiro atoms. The van der Waals surface area contributed by atoms with Crippen molar-refractivity contribution in [2.75, 3.05) is 18.1 Å². The second-order valence-corrected chi connectivity index (χ2v) is 10.8. The van der Waals surface area contributed by atoms with Gasteiger partial charge in [-0.1, -0.05) is 32.9 Å². The van der Waals surface area contributed by atoms with E-state index in [1.54, 1.807) is 24.3 Å². The standard InChI is InChI=1S/C16H25NO4S2/c1-4-9-17-15-10-22(18,19)11-16(15)23(20,21)14-7-5-13(6-8-14)12(2)3/h5-8,12,15-17H,4,9-11H2,1-3H3/t15-,16-/m0/s1. The monoisotopic (exact) mass is 359 g/mol. The van der Waals surface area contributed by atoms with Crippen LogP contribution in [0.4, 0.5) is 0 Å².